The normalized spacial score (nSPS) is 10.7. The SMILES string of the molecule is CCOC(=O)C(CCC#N)(c1ccccc1)c1ccccc1. The number of benzene rings is 2. The van der Waals surface area contributed by atoms with Crippen LogP contribution in [-0.2, 0) is 14.9 Å². The number of carbonyl (C=O) groups is 1. The third-order valence-corrected chi connectivity index (χ3v) is 3.77. The summed E-state index contributed by atoms with van der Waals surface area (Å²) in [5.74, 6) is -0.303. The summed E-state index contributed by atoms with van der Waals surface area (Å²) in [5, 5.41) is 9.03. The van der Waals surface area contributed by atoms with Crippen molar-refractivity contribution < 1.29 is 9.53 Å². The van der Waals surface area contributed by atoms with Crippen LogP contribution in [0, 0.1) is 11.3 Å². The molecule has 0 unspecified atom stereocenters. The predicted octanol–water partition coefficient (Wildman–Crippen LogP) is 3.84. The van der Waals surface area contributed by atoms with Gasteiger partial charge < -0.3 is 4.74 Å². The van der Waals surface area contributed by atoms with Crippen molar-refractivity contribution in [1.82, 2.24) is 0 Å². The highest BCUT2D eigenvalue weighted by Gasteiger charge is 2.42. The first-order valence-electron chi connectivity index (χ1n) is 7.41. The highest BCUT2D eigenvalue weighted by atomic mass is 16.5. The van der Waals surface area contributed by atoms with E-state index in [2.05, 4.69) is 6.07 Å². The van der Waals surface area contributed by atoms with Crippen molar-refractivity contribution in [3.63, 3.8) is 0 Å². The third-order valence-electron chi connectivity index (χ3n) is 3.77. The van der Waals surface area contributed by atoms with Crippen LogP contribution in [0.1, 0.15) is 30.9 Å². The molecule has 0 N–H and O–H groups in total. The molecule has 3 heteroatoms. The van der Waals surface area contributed by atoms with Crippen LogP contribution in [0.5, 0.6) is 0 Å². The second-order valence-corrected chi connectivity index (χ2v) is 5.02. The Morgan fingerprint density at radius 1 is 1.05 bits per heavy atom. The smallest absolute Gasteiger partial charge is 0.321 e. The number of carbonyl (C=O) groups excluding carboxylic acids is 1. The van der Waals surface area contributed by atoms with Gasteiger partial charge in [-0.15, -0.1) is 0 Å². The molecule has 0 amide bonds. The minimum absolute atomic E-state index is 0.280. The van der Waals surface area contributed by atoms with E-state index < -0.39 is 5.41 Å². The van der Waals surface area contributed by atoms with Gasteiger partial charge in [0, 0.05) is 6.42 Å². The molecule has 0 spiro atoms. The fourth-order valence-electron chi connectivity index (χ4n) is 2.74. The van der Waals surface area contributed by atoms with Crippen LogP contribution in [-0.4, -0.2) is 12.6 Å². The second kappa shape index (κ2) is 7.42. The Labute approximate surface area is 131 Å². The molecule has 0 bridgehead atoms. The number of hydrogen-bond acceptors (Lipinski definition) is 3. The Bertz CT molecular complexity index is 605. The minimum Gasteiger partial charge on any atom is -0.465 e. The van der Waals surface area contributed by atoms with Gasteiger partial charge in [-0.25, -0.2) is 0 Å². The Hall–Kier alpha value is -2.60. The molecule has 0 saturated carbocycles. The van der Waals surface area contributed by atoms with E-state index in [4.69, 9.17) is 10.00 Å². The van der Waals surface area contributed by atoms with Gasteiger partial charge in [-0.1, -0.05) is 60.7 Å². The standard InChI is InChI=1S/C19H19NO2/c1-2-22-18(21)19(14-9-15-20,16-10-5-3-6-11-16)17-12-7-4-8-13-17/h3-8,10-13H,2,9,14H2,1H3. The van der Waals surface area contributed by atoms with Crippen LogP contribution in [0.3, 0.4) is 0 Å². The zero-order valence-corrected chi connectivity index (χ0v) is 12.7. The molecule has 0 aliphatic heterocycles. The molecular weight excluding hydrogens is 274 g/mol. The Morgan fingerprint density at radius 2 is 1.55 bits per heavy atom. The third kappa shape index (κ3) is 3.01. The van der Waals surface area contributed by atoms with E-state index in [1.165, 1.54) is 0 Å². The number of nitrogens with zero attached hydrogens (tertiary/aromatic N) is 1. The molecule has 0 aliphatic carbocycles. The second-order valence-electron chi connectivity index (χ2n) is 5.02. The first-order chi connectivity index (χ1) is 10.8. The maximum absolute atomic E-state index is 12.8. The molecular formula is C19H19NO2. The largest absolute Gasteiger partial charge is 0.465 e. The Kier molecular flexibility index (Phi) is 5.32. The fourth-order valence-corrected chi connectivity index (χ4v) is 2.74. The Morgan fingerprint density at radius 3 is 1.95 bits per heavy atom. The fraction of sp³-hybridized carbons (Fsp3) is 0.263. The molecule has 0 radical (unpaired) electrons. The van der Waals surface area contributed by atoms with Crippen LogP contribution in [0.4, 0.5) is 0 Å². The van der Waals surface area contributed by atoms with E-state index in [-0.39, 0.29) is 12.4 Å². The van der Waals surface area contributed by atoms with Gasteiger partial charge in [-0.3, -0.25) is 4.79 Å². The molecule has 112 valence electrons. The maximum Gasteiger partial charge on any atom is 0.321 e. The van der Waals surface area contributed by atoms with Crippen molar-refractivity contribution >= 4 is 5.97 Å². The molecule has 22 heavy (non-hydrogen) atoms. The molecule has 0 saturated heterocycles. The number of nitriles is 1. The van der Waals surface area contributed by atoms with Crippen molar-refractivity contribution in [1.29, 1.82) is 5.26 Å². The summed E-state index contributed by atoms with van der Waals surface area (Å²) in [6, 6.07) is 21.3. The van der Waals surface area contributed by atoms with E-state index >= 15 is 0 Å². The summed E-state index contributed by atoms with van der Waals surface area (Å²) in [6.45, 7) is 2.11. The van der Waals surface area contributed by atoms with Gasteiger partial charge in [0.1, 0.15) is 5.41 Å². The van der Waals surface area contributed by atoms with E-state index in [1.54, 1.807) is 6.92 Å². The van der Waals surface area contributed by atoms with Crippen molar-refractivity contribution in [2.45, 2.75) is 25.2 Å². The summed E-state index contributed by atoms with van der Waals surface area (Å²) in [5.41, 5.74) is 0.777. The van der Waals surface area contributed by atoms with Crippen molar-refractivity contribution in [2.75, 3.05) is 6.61 Å². The minimum atomic E-state index is -0.936. The summed E-state index contributed by atoms with van der Waals surface area (Å²) in [4.78, 5) is 12.8. The monoisotopic (exact) mass is 293 g/mol. The lowest BCUT2D eigenvalue weighted by atomic mass is 9.71. The molecule has 2 aromatic rings. The summed E-state index contributed by atoms with van der Waals surface area (Å²) >= 11 is 0. The summed E-state index contributed by atoms with van der Waals surface area (Å²) < 4.78 is 5.36. The topological polar surface area (TPSA) is 50.1 Å². The highest BCUT2D eigenvalue weighted by Crippen LogP contribution is 2.38. The zero-order chi connectivity index (χ0) is 15.8. The van der Waals surface area contributed by atoms with E-state index in [9.17, 15) is 4.79 Å². The number of rotatable bonds is 6. The van der Waals surface area contributed by atoms with Crippen LogP contribution < -0.4 is 0 Å². The van der Waals surface area contributed by atoms with Crippen LogP contribution in [0.2, 0.25) is 0 Å². The average Bonchev–Trinajstić information content (AvgIpc) is 2.58. The number of hydrogen-bond donors (Lipinski definition) is 0. The lowest BCUT2D eigenvalue weighted by Crippen LogP contribution is -2.38. The highest BCUT2D eigenvalue weighted by molar-refractivity contribution is 5.87. The van der Waals surface area contributed by atoms with Gasteiger partial charge >= 0.3 is 5.97 Å². The number of ether oxygens (including phenoxy) is 1. The lowest BCUT2D eigenvalue weighted by Gasteiger charge is -2.32. The van der Waals surface area contributed by atoms with Gasteiger partial charge in [0.05, 0.1) is 12.7 Å². The Balaban J connectivity index is 2.63. The van der Waals surface area contributed by atoms with Gasteiger partial charge in [0.15, 0.2) is 0 Å². The van der Waals surface area contributed by atoms with Crippen molar-refractivity contribution in [3.8, 4) is 6.07 Å². The molecule has 0 atom stereocenters. The van der Waals surface area contributed by atoms with Crippen LogP contribution in [0.25, 0.3) is 0 Å². The van der Waals surface area contributed by atoms with Gasteiger partial charge in [-0.2, -0.15) is 5.26 Å². The first kappa shape index (κ1) is 15.8. The molecule has 3 nitrogen and oxygen atoms in total. The maximum atomic E-state index is 12.8. The molecule has 0 aliphatic rings. The van der Waals surface area contributed by atoms with E-state index in [1.807, 2.05) is 60.7 Å². The van der Waals surface area contributed by atoms with Gasteiger partial charge in [-0.05, 0) is 24.5 Å². The molecule has 2 rings (SSSR count). The molecule has 0 fully saturated rings. The average molecular weight is 293 g/mol. The zero-order valence-electron chi connectivity index (χ0n) is 12.7. The lowest BCUT2D eigenvalue weighted by molar-refractivity contribution is -0.148. The van der Waals surface area contributed by atoms with Crippen LogP contribution >= 0.6 is 0 Å². The predicted molar refractivity (Wildman–Crippen MR) is 85.1 cm³/mol. The van der Waals surface area contributed by atoms with Crippen molar-refractivity contribution in [3.05, 3.63) is 71.8 Å². The number of esters is 1. The first-order valence-corrected chi connectivity index (χ1v) is 7.41. The van der Waals surface area contributed by atoms with E-state index in [0.29, 0.717) is 13.0 Å². The quantitative estimate of drug-likeness (QED) is 0.760. The van der Waals surface area contributed by atoms with Gasteiger partial charge in [0.25, 0.3) is 0 Å². The summed E-state index contributed by atoms with van der Waals surface area (Å²) in [6.07, 6.45) is 0.680. The van der Waals surface area contributed by atoms with E-state index in [0.717, 1.165) is 11.1 Å². The van der Waals surface area contributed by atoms with Crippen LogP contribution in [0.15, 0.2) is 60.7 Å². The summed E-state index contributed by atoms with van der Waals surface area (Å²) in [7, 11) is 0. The molecule has 2 aromatic carbocycles. The van der Waals surface area contributed by atoms with Gasteiger partial charge in [0.2, 0.25) is 0 Å². The van der Waals surface area contributed by atoms with Crippen molar-refractivity contribution in [2.24, 2.45) is 0 Å². The molecule has 0 aromatic heterocycles. The molecule has 0 heterocycles.